The Balaban J connectivity index is 3.64. The Kier molecular flexibility index (Phi) is 5.16. The van der Waals surface area contributed by atoms with Crippen LogP contribution in [-0.4, -0.2) is 12.6 Å². The van der Waals surface area contributed by atoms with Crippen LogP contribution in [0.3, 0.4) is 0 Å². The third-order valence-electron chi connectivity index (χ3n) is 1.94. The molecule has 4 N–H and O–H groups in total. The zero-order valence-corrected chi connectivity index (χ0v) is 7.64. The Bertz CT molecular complexity index is 119. The van der Waals surface area contributed by atoms with Crippen molar-refractivity contribution in [3.63, 3.8) is 0 Å². The largest absolute Gasteiger partial charge is 0.330 e. The second-order valence-corrected chi connectivity index (χ2v) is 3.27. The number of hydrogen-bond donors (Lipinski definition) is 2. The van der Waals surface area contributed by atoms with Crippen molar-refractivity contribution in [3.8, 4) is 0 Å². The minimum atomic E-state index is 0.138. The predicted molar refractivity (Wildman–Crippen MR) is 50.2 cm³/mol. The molecule has 2 heteroatoms. The molecule has 0 spiro atoms. The Labute approximate surface area is 69.6 Å². The highest BCUT2D eigenvalue weighted by Crippen LogP contribution is 2.13. The summed E-state index contributed by atoms with van der Waals surface area (Å²) < 4.78 is 0. The molecule has 0 aliphatic heterocycles. The molecular weight excluding hydrogens is 136 g/mol. The average molecular weight is 156 g/mol. The van der Waals surface area contributed by atoms with Crippen LogP contribution in [0.15, 0.2) is 12.2 Å². The number of nitrogens with two attached hydrogens (primary N) is 2. The molecule has 1 atom stereocenters. The molecule has 0 rings (SSSR count). The fourth-order valence-electron chi connectivity index (χ4n) is 0.951. The van der Waals surface area contributed by atoms with Gasteiger partial charge in [-0.3, -0.25) is 0 Å². The molecule has 11 heavy (non-hydrogen) atoms. The van der Waals surface area contributed by atoms with E-state index in [2.05, 4.69) is 20.4 Å². The van der Waals surface area contributed by atoms with E-state index in [0.717, 1.165) is 25.0 Å². The molecule has 1 unspecified atom stereocenters. The van der Waals surface area contributed by atoms with Gasteiger partial charge in [0.15, 0.2) is 0 Å². The molecule has 0 aromatic heterocycles. The number of hydrogen-bond acceptors (Lipinski definition) is 2. The van der Waals surface area contributed by atoms with Crippen LogP contribution in [0.1, 0.15) is 26.7 Å². The van der Waals surface area contributed by atoms with Crippen LogP contribution in [0, 0.1) is 5.92 Å². The van der Waals surface area contributed by atoms with E-state index < -0.39 is 0 Å². The monoisotopic (exact) mass is 156 g/mol. The van der Waals surface area contributed by atoms with Crippen LogP contribution in [-0.2, 0) is 0 Å². The van der Waals surface area contributed by atoms with Gasteiger partial charge in [-0.1, -0.05) is 26.0 Å². The van der Waals surface area contributed by atoms with Crippen molar-refractivity contribution < 1.29 is 0 Å². The van der Waals surface area contributed by atoms with E-state index in [1.165, 1.54) is 0 Å². The van der Waals surface area contributed by atoms with Crippen LogP contribution < -0.4 is 11.5 Å². The van der Waals surface area contributed by atoms with Gasteiger partial charge in [0.05, 0.1) is 0 Å². The van der Waals surface area contributed by atoms with E-state index in [-0.39, 0.29) is 6.04 Å². The first-order valence-corrected chi connectivity index (χ1v) is 4.24. The average Bonchev–Trinajstić information content (AvgIpc) is 1.98. The van der Waals surface area contributed by atoms with Crippen molar-refractivity contribution in [2.24, 2.45) is 17.4 Å². The third-order valence-corrected chi connectivity index (χ3v) is 1.94. The molecule has 0 aromatic rings. The quantitative estimate of drug-likeness (QED) is 0.589. The summed E-state index contributed by atoms with van der Waals surface area (Å²) in [6.07, 6.45) is 1.96. The molecular formula is C9H20N2. The minimum Gasteiger partial charge on any atom is -0.330 e. The maximum Gasteiger partial charge on any atom is 0.0253 e. The first-order valence-electron chi connectivity index (χ1n) is 4.24. The first-order chi connectivity index (χ1) is 5.09. The van der Waals surface area contributed by atoms with Crippen molar-refractivity contribution in [2.75, 3.05) is 6.54 Å². The summed E-state index contributed by atoms with van der Waals surface area (Å²) in [6.45, 7) is 8.89. The minimum absolute atomic E-state index is 0.138. The van der Waals surface area contributed by atoms with E-state index in [1.807, 2.05) is 0 Å². The van der Waals surface area contributed by atoms with Crippen LogP contribution >= 0.6 is 0 Å². The topological polar surface area (TPSA) is 52.0 Å². The first kappa shape index (κ1) is 10.7. The second-order valence-electron chi connectivity index (χ2n) is 3.27. The maximum atomic E-state index is 5.85. The van der Waals surface area contributed by atoms with Crippen molar-refractivity contribution in [1.29, 1.82) is 0 Å². The fourth-order valence-corrected chi connectivity index (χ4v) is 0.951. The molecule has 0 fully saturated rings. The normalized spacial score (nSPS) is 13.5. The van der Waals surface area contributed by atoms with Crippen LogP contribution in [0.5, 0.6) is 0 Å². The molecule has 2 nitrogen and oxygen atoms in total. The molecule has 0 amide bonds. The summed E-state index contributed by atoms with van der Waals surface area (Å²) in [4.78, 5) is 0. The lowest BCUT2D eigenvalue weighted by atomic mass is 9.95. The van der Waals surface area contributed by atoms with Gasteiger partial charge in [-0.15, -0.1) is 0 Å². The van der Waals surface area contributed by atoms with Crippen LogP contribution in [0.25, 0.3) is 0 Å². The molecule has 0 saturated heterocycles. The molecule has 0 aliphatic rings. The molecule has 0 heterocycles. The SMILES string of the molecule is C=C(C(C)C)C(N)CCCN. The van der Waals surface area contributed by atoms with Gasteiger partial charge in [-0.05, 0) is 25.3 Å². The summed E-state index contributed by atoms with van der Waals surface area (Å²) in [5.41, 5.74) is 12.4. The zero-order valence-electron chi connectivity index (χ0n) is 7.64. The maximum absolute atomic E-state index is 5.85. The van der Waals surface area contributed by atoms with Gasteiger partial charge in [-0.25, -0.2) is 0 Å². The van der Waals surface area contributed by atoms with Gasteiger partial charge < -0.3 is 11.5 Å². The smallest absolute Gasteiger partial charge is 0.0253 e. The van der Waals surface area contributed by atoms with E-state index in [1.54, 1.807) is 0 Å². The fraction of sp³-hybridized carbons (Fsp3) is 0.778. The third kappa shape index (κ3) is 4.17. The van der Waals surface area contributed by atoms with E-state index in [0.29, 0.717) is 5.92 Å². The van der Waals surface area contributed by atoms with Crippen molar-refractivity contribution >= 4 is 0 Å². The molecule has 0 radical (unpaired) electrons. The van der Waals surface area contributed by atoms with Crippen molar-refractivity contribution in [3.05, 3.63) is 12.2 Å². The lowest BCUT2D eigenvalue weighted by molar-refractivity contribution is 0.589. The van der Waals surface area contributed by atoms with Crippen LogP contribution in [0.2, 0.25) is 0 Å². The molecule has 0 bridgehead atoms. The number of rotatable bonds is 5. The standard InChI is InChI=1S/C9H20N2/c1-7(2)8(3)9(11)5-4-6-10/h7,9H,3-6,10-11H2,1-2H3. The Morgan fingerprint density at radius 1 is 1.45 bits per heavy atom. The molecule has 0 saturated carbocycles. The Hall–Kier alpha value is -0.340. The lowest BCUT2D eigenvalue weighted by Gasteiger charge is -2.17. The van der Waals surface area contributed by atoms with Gasteiger partial charge in [0.2, 0.25) is 0 Å². The lowest BCUT2D eigenvalue weighted by Crippen LogP contribution is -2.25. The summed E-state index contributed by atoms with van der Waals surface area (Å²) in [5.74, 6) is 0.489. The summed E-state index contributed by atoms with van der Waals surface area (Å²) in [6, 6.07) is 0.138. The van der Waals surface area contributed by atoms with Crippen LogP contribution in [0.4, 0.5) is 0 Å². The zero-order chi connectivity index (χ0) is 8.85. The molecule has 66 valence electrons. The van der Waals surface area contributed by atoms with E-state index in [4.69, 9.17) is 11.5 Å². The highest BCUT2D eigenvalue weighted by atomic mass is 14.6. The summed E-state index contributed by atoms with van der Waals surface area (Å²) >= 11 is 0. The van der Waals surface area contributed by atoms with E-state index in [9.17, 15) is 0 Å². The van der Waals surface area contributed by atoms with Gasteiger partial charge in [0.1, 0.15) is 0 Å². The Morgan fingerprint density at radius 3 is 2.36 bits per heavy atom. The second kappa shape index (κ2) is 5.33. The summed E-state index contributed by atoms with van der Waals surface area (Å²) in [5, 5.41) is 0. The highest BCUT2D eigenvalue weighted by Gasteiger charge is 2.08. The van der Waals surface area contributed by atoms with Gasteiger partial charge in [0.25, 0.3) is 0 Å². The van der Waals surface area contributed by atoms with Gasteiger partial charge in [-0.2, -0.15) is 0 Å². The van der Waals surface area contributed by atoms with Gasteiger partial charge in [0, 0.05) is 6.04 Å². The van der Waals surface area contributed by atoms with Crippen molar-refractivity contribution in [2.45, 2.75) is 32.7 Å². The molecule has 0 aromatic carbocycles. The highest BCUT2D eigenvalue weighted by molar-refractivity contribution is 5.06. The summed E-state index contributed by atoms with van der Waals surface area (Å²) in [7, 11) is 0. The van der Waals surface area contributed by atoms with E-state index >= 15 is 0 Å². The molecule has 0 aliphatic carbocycles. The van der Waals surface area contributed by atoms with Gasteiger partial charge >= 0.3 is 0 Å². The predicted octanol–water partition coefficient (Wildman–Crippen LogP) is 1.26. The van der Waals surface area contributed by atoms with Crippen molar-refractivity contribution in [1.82, 2.24) is 0 Å². The Morgan fingerprint density at radius 2 is 2.00 bits per heavy atom.